The van der Waals surface area contributed by atoms with Gasteiger partial charge in [-0.05, 0) is 36.6 Å². The molecule has 0 spiro atoms. The number of nitrogens with zero attached hydrogens (tertiary/aromatic N) is 2. The predicted molar refractivity (Wildman–Crippen MR) is 81.0 cm³/mol. The van der Waals surface area contributed by atoms with Crippen LogP contribution in [0.5, 0.6) is 0 Å². The van der Waals surface area contributed by atoms with Crippen LogP contribution in [-0.2, 0) is 6.54 Å². The van der Waals surface area contributed by atoms with E-state index in [2.05, 4.69) is 10.4 Å². The zero-order chi connectivity index (χ0) is 15.1. The van der Waals surface area contributed by atoms with Crippen LogP contribution in [0, 0.1) is 0 Å². The Labute approximate surface area is 124 Å². The first-order chi connectivity index (χ1) is 10.2. The fraction of sp³-hybridized carbons (Fsp3) is 0.375. The second kappa shape index (κ2) is 7.59. The van der Waals surface area contributed by atoms with Crippen molar-refractivity contribution in [1.82, 2.24) is 15.1 Å². The predicted octanol–water partition coefficient (Wildman–Crippen LogP) is 1.82. The highest BCUT2D eigenvalue weighted by atomic mass is 16.3. The summed E-state index contributed by atoms with van der Waals surface area (Å²) in [6.07, 6.45) is 5.04. The fourth-order valence-corrected chi connectivity index (χ4v) is 2.15. The molecule has 0 aliphatic heterocycles. The monoisotopic (exact) mass is 287 g/mol. The first kappa shape index (κ1) is 15.3. The summed E-state index contributed by atoms with van der Waals surface area (Å²) >= 11 is 0. The molecule has 0 saturated carbocycles. The number of aliphatic hydroxyl groups is 1. The summed E-state index contributed by atoms with van der Waals surface area (Å²) in [5, 5.41) is 16.0. The van der Waals surface area contributed by atoms with E-state index in [1.165, 1.54) is 0 Å². The lowest BCUT2D eigenvalue weighted by molar-refractivity contribution is 0.0929. The maximum atomic E-state index is 12.1. The second-order valence-electron chi connectivity index (χ2n) is 4.99. The minimum atomic E-state index is -0.0964. The number of carbonyl (C=O) groups excluding carboxylic acids is 1. The van der Waals surface area contributed by atoms with Gasteiger partial charge in [-0.15, -0.1) is 0 Å². The molecule has 1 amide bonds. The highest BCUT2D eigenvalue weighted by Crippen LogP contribution is 2.07. The Morgan fingerprint density at radius 2 is 2.14 bits per heavy atom. The molecule has 0 saturated heterocycles. The molecular formula is C16H21N3O2. The highest BCUT2D eigenvalue weighted by molar-refractivity contribution is 5.94. The van der Waals surface area contributed by atoms with Crippen LogP contribution in [0.2, 0.25) is 0 Å². The smallest absolute Gasteiger partial charge is 0.251 e. The van der Waals surface area contributed by atoms with E-state index in [9.17, 15) is 4.79 Å². The van der Waals surface area contributed by atoms with Crippen molar-refractivity contribution in [2.75, 3.05) is 6.61 Å². The first-order valence-corrected chi connectivity index (χ1v) is 7.21. The van der Waals surface area contributed by atoms with Gasteiger partial charge in [0.1, 0.15) is 0 Å². The molecule has 2 rings (SSSR count). The summed E-state index contributed by atoms with van der Waals surface area (Å²) < 4.78 is 1.84. The molecule has 1 aromatic heterocycles. The minimum Gasteiger partial charge on any atom is -0.396 e. The van der Waals surface area contributed by atoms with Gasteiger partial charge in [-0.25, -0.2) is 0 Å². The van der Waals surface area contributed by atoms with Crippen molar-refractivity contribution >= 4 is 5.91 Å². The maximum absolute atomic E-state index is 12.1. The zero-order valence-corrected chi connectivity index (χ0v) is 12.2. The number of hydrogen-bond acceptors (Lipinski definition) is 3. The summed E-state index contributed by atoms with van der Waals surface area (Å²) in [6.45, 7) is 2.77. The summed E-state index contributed by atoms with van der Waals surface area (Å²) in [4.78, 5) is 12.1. The van der Waals surface area contributed by atoms with Crippen molar-refractivity contribution in [2.45, 2.75) is 32.4 Å². The van der Waals surface area contributed by atoms with Gasteiger partial charge in [0.25, 0.3) is 5.91 Å². The Morgan fingerprint density at radius 1 is 1.38 bits per heavy atom. The van der Waals surface area contributed by atoms with Crippen LogP contribution in [-0.4, -0.2) is 33.4 Å². The van der Waals surface area contributed by atoms with Gasteiger partial charge in [0.15, 0.2) is 0 Å². The van der Waals surface area contributed by atoms with Gasteiger partial charge in [0.05, 0.1) is 6.54 Å². The molecular weight excluding hydrogens is 266 g/mol. The number of nitrogens with one attached hydrogen (secondary N) is 1. The average molecular weight is 287 g/mol. The SMILES string of the molecule is CCC(CCO)NC(=O)c1ccc(Cn2cccn2)cc1. The summed E-state index contributed by atoms with van der Waals surface area (Å²) in [5.41, 5.74) is 1.73. The number of benzene rings is 1. The zero-order valence-electron chi connectivity index (χ0n) is 12.2. The van der Waals surface area contributed by atoms with E-state index in [4.69, 9.17) is 5.11 Å². The Kier molecular flexibility index (Phi) is 5.51. The molecule has 2 aromatic rings. The van der Waals surface area contributed by atoms with Crippen LogP contribution < -0.4 is 5.32 Å². The van der Waals surface area contributed by atoms with E-state index in [0.717, 1.165) is 12.0 Å². The van der Waals surface area contributed by atoms with Gasteiger partial charge in [0.2, 0.25) is 0 Å². The van der Waals surface area contributed by atoms with E-state index in [1.807, 2.05) is 48.1 Å². The van der Waals surface area contributed by atoms with Gasteiger partial charge in [-0.3, -0.25) is 9.48 Å². The summed E-state index contributed by atoms with van der Waals surface area (Å²) in [6, 6.07) is 9.41. The molecule has 112 valence electrons. The lowest BCUT2D eigenvalue weighted by atomic mass is 10.1. The van der Waals surface area contributed by atoms with Gasteiger partial charge in [0, 0.05) is 30.6 Å². The van der Waals surface area contributed by atoms with Crippen LogP contribution in [0.25, 0.3) is 0 Å². The molecule has 1 heterocycles. The Hall–Kier alpha value is -2.14. The molecule has 21 heavy (non-hydrogen) atoms. The number of amides is 1. The van der Waals surface area contributed by atoms with Crippen molar-refractivity contribution in [1.29, 1.82) is 0 Å². The molecule has 1 aromatic carbocycles. The van der Waals surface area contributed by atoms with Crippen molar-refractivity contribution in [2.24, 2.45) is 0 Å². The third kappa shape index (κ3) is 4.43. The lowest BCUT2D eigenvalue weighted by Gasteiger charge is -2.15. The van der Waals surface area contributed by atoms with Crippen LogP contribution in [0.1, 0.15) is 35.7 Å². The highest BCUT2D eigenvalue weighted by Gasteiger charge is 2.11. The topological polar surface area (TPSA) is 67.2 Å². The molecule has 5 nitrogen and oxygen atoms in total. The quantitative estimate of drug-likeness (QED) is 0.816. The van der Waals surface area contributed by atoms with Crippen molar-refractivity contribution < 1.29 is 9.90 Å². The normalized spacial score (nSPS) is 12.1. The third-order valence-electron chi connectivity index (χ3n) is 3.43. The number of aromatic nitrogens is 2. The molecule has 0 radical (unpaired) electrons. The first-order valence-electron chi connectivity index (χ1n) is 7.21. The third-order valence-corrected chi connectivity index (χ3v) is 3.43. The van der Waals surface area contributed by atoms with Gasteiger partial charge in [-0.1, -0.05) is 19.1 Å². The number of rotatable bonds is 7. The Morgan fingerprint density at radius 3 is 2.71 bits per heavy atom. The number of carbonyl (C=O) groups is 1. The van der Waals surface area contributed by atoms with Crippen LogP contribution in [0.3, 0.4) is 0 Å². The second-order valence-corrected chi connectivity index (χ2v) is 4.99. The van der Waals surface area contributed by atoms with Gasteiger partial charge >= 0.3 is 0 Å². The maximum Gasteiger partial charge on any atom is 0.251 e. The molecule has 0 bridgehead atoms. The number of aliphatic hydroxyl groups excluding tert-OH is 1. The van der Waals surface area contributed by atoms with E-state index in [1.54, 1.807) is 6.20 Å². The average Bonchev–Trinajstić information content (AvgIpc) is 3.00. The van der Waals surface area contributed by atoms with E-state index in [-0.39, 0.29) is 18.6 Å². The van der Waals surface area contributed by atoms with E-state index in [0.29, 0.717) is 18.5 Å². The Bertz CT molecular complexity index is 549. The molecule has 1 unspecified atom stereocenters. The Balaban J connectivity index is 1.96. The minimum absolute atomic E-state index is 0.0197. The standard InChI is InChI=1S/C16H21N3O2/c1-2-15(8-11-20)18-16(21)14-6-4-13(5-7-14)12-19-10-3-9-17-19/h3-7,9-10,15,20H,2,8,11-12H2,1H3,(H,18,21). The van der Waals surface area contributed by atoms with E-state index < -0.39 is 0 Å². The van der Waals surface area contributed by atoms with Gasteiger partial charge < -0.3 is 10.4 Å². The lowest BCUT2D eigenvalue weighted by Crippen LogP contribution is -2.35. The van der Waals surface area contributed by atoms with Crippen molar-refractivity contribution in [3.63, 3.8) is 0 Å². The molecule has 0 aliphatic rings. The molecule has 5 heteroatoms. The molecule has 2 N–H and O–H groups in total. The number of hydrogen-bond donors (Lipinski definition) is 2. The van der Waals surface area contributed by atoms with Crippen molar-refractivity contribution in [3.05, 3.63) is 53.9 Å². The van der Waals surface area contributed by atoms with Gasteiger partial charge in [-0.2, -0.15) is 5.10 Å². The molecule has 1 atom stereocenters. The molecule has 0 fully saturated rings. The van der Waals surface area contributed by atoms with Crippen LogP contribution in [0.15, 0.2) is 42.7 Å². The summed E-state index contributed by atoms with van der Waals surface area (Å²) in [5.74, 6) is -0.0964. The fourth-order valence-electron chi connectivity index (χ4n) is 2.15. The van der Waals surface area contributed by atoms with Crippen LogP contribution >= 0.6 is 0 Å². The largest absolute Gasteiger partial charge is 0.396 e. The van der Waals surface area contributed by atoms with Crippen LogP contribution in [0.4, 0.5) is 0 Å². The van der Waals surface area contributed by atoms with E-state index >= 15 is 0 Å². The summed E-state index contributed by atoms with van der Waals surface area (Å²) in [7, 11) is 0. The molecule has 0 aliphatic carbocycles. The van der Waals surface area contributed by atoms with Crippen molar-refractivity contribution in [3.8, 4) is 0 Å².